The van der Waals surface area contributed by atoms with E-state index in [9.17, 15) is 9.59 Å². The molecule has 0 unspecified atom stereocenters. The van der Waals surface area contributed by atoms with Crippen LogP contribution in [-0.4, -0.2) is 37.2 Å². The molecule has 1 amide bonds. The molecule has 1 rings (SSSR count). The Bertz CT molecular complexity index is 514. The van der Waals surface area contributed by atoms with Crippen LogP contribution in [0.1, 0.15) is 22.3 Å². The summed E-state index contributed by atoms with van der Waals surface area (Å²) in [5.74, 6) is 4.50. The molecule has 1 aromatic carbocycles. The fourth-order valence-electron chi connectivity index (χ4n) is 1.40. The van der Waals surface area contributed by atoms with Gasteiger partial charge in [0.15, 0.2) is 0 Å². The van der Waals surface area contributed by atoms with Crippen LogP contribution in [-0.2, 0) is 9.53 Å². The minimum absolute atomic E-state index is 0.118. The second-order valence-corrected chi connectivity index (χ2v) is 3.59. The average Bonchev–Trinajstić information content (AvgIpc) is 2.45. The summed E-state index contributed by atoms with van der Waals surface area (Å²) in [7, 11) is 1.30. The highest BCUT2D eigenvalue weighted by molar-refractivity contribution is 5.96. The van der Waals surface area contributed by atoms with Gasteiger partial charge in [-0.2, -0.15) is 0 Å². The molecule has 0 aromatic heterocycles. The van der Waals surface area contributed by atoms with Crippen LogP contribution >= 0.6 is 0 Å². The van der Waals surface area contributed by atoms with E-state index in [2.05, 4.69) is 21.9 Å². The third kappa shape index (κ3) is 4.82. The van der Waals surface area contributed by atoms with Crippen molar-refractivity contribution in [1.82, 2.24) is 5.32 Å². The van der Waals surface area contributed by atoms with Gasteiger partial charge in [0.1, 0.15) is 6.61 Å². The Morgan fingerprint density at radius 1 is 1.37 bits per heavy atom. The normalized spacial score (nSPS) is 9.16. The van der Waals surface area contributed by atoms with Gasteiger partial charge in [0.2, 0.25) is 0 Å². The van der Waals surface area contributed by atoms with E-state index in [1.54, 1.807) is 24.3 Å². The smallest absolute Gasteiger partial charge is 0.307 e. The number of nitrogens with one attached hydrogen (secondary N) is 1. The summed E-state index contributed by atoms with van der Waals surface area (Å²) in [6.07, 6.45) is 0.118. The van der Waals surface area contributed by atoms with Crippen LogP contribution in [0, 0.1) is 11.8 Å². The molecule has 0 spiro atoms. The number of carbonyl (C=O) groups is 2. The van der Waals surface area contributed by atoms with Gasteiger partial charge in [0, 0.05) is 12.1 Å². The van der Waals surface area contributed by atoms with Crippen LogP contribution in [0.3, 0.4) is 0 Å². The Labute approximate surface area is 111 Å². The van der Waals surface area contributed by atoms with Gasteiger partial charge in [0.05, 0.1) is 19.1 Å². The number of hydrogen-bond donors (Lipinski definition) is 2. The number of aliphatic hydroxyl groups excluding tert-OH is 1. The molecule has 0 aliphatic rings. The van der Waals surface area contributed by atoms with Crippen molar-refractivity contribution in [3.05, 3.63) is 35.4 Å². The Kier molecular flexibility index (Phi) is 6.13. The van der Waals surface area contributed by atoms with Crippen molar-refractivity contribution in [1.29, 1.82) is 0 Å². The molecule has 0 radical (unpaired) electrons. The van der Waals surface area contributed by atoms with E-state index in [1.165, 1.54) is 7.11 Å². The van der Waals surface area contributed by atoms with Crippen molar-refractivity contribution in [2.75, 3.05) is 20.3 Å². The van der Waals surface area contributed by atoms with Crippen LogP contribution in [0.5, 0.6) is 0 Å². The molecule has 0 heterocycles. The van der Waals surface area contributed by atoms with E-state index in [4.69, 9.17) is 5.11 Å². The number of hydrogen-bond acceptors (Lipinski definition) is 4. The van der Waals surface area contributed by atoms with Gasteiger partial charge < -0.3 is 15.2 Å². The van der Waals surface area contributed by atoms with E-state index < -0.39 is 0 Å². The van der Waals surface area contributed by atoms with Crippen molar-refractivity contribution in [2.45, 2.75) is 6.42 Å². The largest absolute Gasteiger partial charge is 0.469 e. The van der Waals surface area contributed by atoms with Gasteiger partial charge in [-0.05, 0) is 12.1 Å². The monoisotopic (exact) mass is 261 g/mol. The van der Waals surface area contributed by atoms with Gasteiger partial charge in [-0.3, -0.25) is 9.59 Å². The van der Waals surface area contributed by atoms with Crippen molar-refractivity contribution in [2.24, 2.45) is 0 Å². The molecule has 1 aromatic rings. The average molecular weight is 261 g/mol. The number of methoxy groups -OCH3 is 1. The molecule has 2 N–H and O–H groups in total. The molecule has 0 aliphatic carbocycles. The third-order valence-corrected chi connectivity index (χ3v) is 2.32. The number of ether oxygens (including phenoxy) is 1. The Balaban J connectivity index is 2.69. The summed E-state index contributed by atoms with van der Waals surface area (Å²) in [6.45, 7) is -0.0639. The predicted octanol–water partition coefficient (Wildman–Crippen LogP) is 0.323. The summed E-state index contributed by atoms with van der Waals surface area (Å²) in [5.41, 5.74) is 0.945. The molecule has 5 nitrogen and oxygen atoms in total. The van der Waals surface area contributed by atoms with Crippen LogP contribution < -0.4 is 5.32 Å². The highest BCUT2D eigenvalue weighted by atomic mass is 16.5. The number of aliphatic hydroxyl groups is 1. The Hall–Kier alpha value is -2.32. The van der Waals surface area contributed by atoms with Gasteiger partial charge in [-0.1, -0.05) is 24.0 Å². The first-order valence-electron chi connectivity index (χ1n) is 5.72. The van der Waals surface area contributed by atoms with Crippen LogP contribution in [0.15, 0.2) is 24.3 Å². The highest BCUT2D eigenvalue weighted by Gasteiger charge is 2.09. The zero-order valence-electron chi connectivity index (χ0n) is 10.6. The zero-order chi connectivity index (χ0) is 14.1. The molecular formula is C14H15NO4. The van der Waals surface area contributed by atoms with E-state index in [-0.39, 0.29) is 31.4 Å². The second-order valence-electron chi connectivity index (χ2n) is 3.59. The standard InChI is InChI=1S/C14H15NO4/c1-19-13(17)8-9-15-14(18)12-7-3-2-5-11(12)6-4-10-16/h2-3,5,7,16H,8-10H2,1H3,(H,15,18). The lowest BCUT2D eigenvalue weighted by atomic mass is 10.1. The van der Waals surface area contributed by atoms with Crippen LogP contribution in [0.25, 0.3) is 0 Å². The SMILES string of the molecule is COC(=O)CCNC(=O)c1ccccc1C#CCO. The quantitative estimate of drug-likeness (QED) is 0.604. The molecule has 0 bridgehead atoms. The first kappa shape index (κ1) is 14.7. The molecule has 0 saturated carbocycles. The zero-order valence-corrected chi connectivity index (χ0v) is 10.6. The van der Waals surface area contributed by atoms with Crippen LogP contribution in [0.4, 0.5) is 0 Å². The van der Waals surface area contributed by atoms with E-state index in [0.29, 0.717) is 11.1 Å². The molecule has 0 aliphatic heterocycles. The summed E-state index contributed by atoms with van der Waals surface area (Å²) in [5, 5.41) is 11.3. The lowest BCUT2D eigenvalue weighted by molar-refractivity contribution is -0.140. The van der Waals surface area contributed by atoms with Crippen molar-refractivity contribution >= 4 is 11.9 Å². The molecule has 5 heteroatoms. The number of amides is 1. The lowest BCUT2D eigenvalue weighted by Crippen LogP contribution is -2.27. The maximum Gasteiger partial charge on any atom is 0.307 e. The van der Waals surface area contributed by atoms with Gasteiger partial charge in [0.25, 0.3) is 5.91 Å². The minimum Gasteiger partial charge on any atom is -0.469 e. The summed E-state index contributed by atoms with van der Waals surface area (Å²) < 4.78 is 4.47. The van der Waals surface area contributed by atoms with Crippen LogP contribution in [0.2, 0.25) is 0 Å². The summed E-state index contributed by atoms with van der Waals surface area (Å²) in [4.78, 5) is 22.8. The number of carbonyl (C=O) groups excluding carboxylic acids is 2. The number of benzene rings is 1. The summed E-state index contributed by atoms with van der Waals surface area (Å²) in [6, 6.07) is 6.80. The van der Waals surface area contributed by atoms with Crippen molar-refractivity contribution in [3.8, 4) is 11.8 Å². The Morgan fingerprint density at radius 2 is 2.11 bits per heavy atom. The van der Waals surface area contributed by atoms with E-state index in [0.717, 1.165) is 0 Å². The number of rotatable bonds is 4. The maximum atomic E-state index is 11.9. The predicted molar refractivity (Wildman–Crippen MR) is 69.4 cm³/mol. The Morgan fingerprint density at radius 3 is 2.79 bits per heavy atom. The van der Waals surface area contributed by atoms with E-state index >= 15 is 0 Å². The highest BCUT2D eigenvalue weighted by Crippen LogP contribution is 2.07. The van der Waals surface area contributed by atoms with Gasteiger partial charge in [-0.15, -0.1) is 0 Å². The van der Waals surface area contributed by atoms with Gasteiger partial charge in [-0.25, -0.2) is 0 Å². The molecule has 19 heavy (non-hydrogen) atoms. The molecule has 100 valence electrons. The fourth-order valence-corrected chi connectivity index (χ4v) is 1.40. The second kappa shape index (κ2) is 7.90. The fraction of sp³-hybridized carbons (Fsp3) is 0.286. The topological polar surface area (TPSA) is 75.6 Å². The summed E-state index contributed by atoms with van der Waals surface area (Å²) >= 11 is 0. The first-order valence-corrected chi connectivity index (χ1v) is 5.72. The van der Waals surface area contributed by atoms with Crippen molar-refractivity contribution in [3.63, 3.8) is 0 Å². The number of esters is 1. The first-order chi connectivity index (χ1) is 9.19. The lowest BCUT2D eigenvalue weighted by Gasteiger charge is -2.06. The molecule has 0 saturated heterocycles. The minimum atomic E-state index is -0.381. The van der Waals surface area contributed by atoms with Gasteiger partial charge >= 0.3 is 5.97 Å². The molecule has 0 atom stereocenters. The molecule has 0 fully saturated rings. The third-order valence-electron chi connectivity index (χ3n) is 2.32. The maximum absolute atomic E-state index is 11.9. The van der Waals surface area contributed by atoms with Crippen molar-refractivity contribution < 1.29 is 19.4 Å². The van der Waals surface area contributed by atoms with E-state index in [1.807, 2.05) is 0 Å². The molecular weight excluding hydrogens is 246 g/mol.